The van der Waals surface area contributed by atoms with Crippen molar-refractivity contribution in [1.29, 1.82) is 0 Å². The lowest BCUT2D eigenvalue weighted by Gasteiger charge is -2.25. The first-order valence-electron chi connectivity index (χ1n) is 3.59. The van der Waals surface area contributed by atoms with Crippen LogP contribution in [0.1, 0.15) is 12.8 Å². The van der Waals surface area contributed by atoms with Crippen LogP contribution < -0.4 is 5.32 Å². The number of fused-ring (bicyclic) bond motifs is 2. The van der Waals surface area contributed by atoms with Gasteiger partial charge in [-0.2, -0.15) is 0 Å². The van der Waals surface area contributed by atoms with Crippen LogP contribution in [0.5, 0.6) is 0 Å². The Morgan fingerprint density at radius 3 is 3.44 bits per heavy atom. The highest BCUT2D eigenvalue weighted by Gasteiger charge is 2.16. The number of hydrogen-bond acceptors (Lipinski definition) is 1. The quantitative estimate of drug-likeness (QED) is 0.473. The summed E-state index contributed by atoms with van der Waals surface area (Å²) in [5, 5.41) is 3.37. The SMILES string of the molecule is C1=CCC2CNCC=1C2. The molecule has 2 rings (SSSR count). The van der Waals surface area contributed by atoms with Gasteiger partial charge in [-0.3, -0.25) is 0 Å². The summed E-state index contributed by atoms with van der Waals surface area (Å²) < 4.78 is 0. The fourth-order valence-corrected chi connectivity index (χ4v) is 1.57. The van der Waals surface area contributed by atoms with E-state index in [0.717, 1.165) is 12.5 Å². The van der Waals surface area contributed by atoms with Gasteiger partial charge in [-0.25, -0.2) is 0 Å². The third-order valence-corrected chi connectivity index (χ3v) is 2.06. The van der Waals surface area contributed by atoms with Gasteiger partial charge in [-0.1, -0.05) is 0 Å². The second-order valence-electron chi connectivity index (χ2n) is 2.89. The van der Waals surface area contributed by atoms with Crippen molar-refractivity contribution in [1.82, 2.24) is 5.32 Å². The van der Waals surface area contributed by atoms with E-state index in [0.29, 0.717) is 0 Å². The Bertz CT molecular complexity index is 175. The van der Waals surface area contributed by atoms with Crippen LogP contribution in [0.4, 0.5) is 0 Å². The van der Waals surface area contributed by atoms with E-state index in [1.54, 1.807) is 0 Å². The van der Waals surface area contributed by atoms with Crippen LogP contribution in [0.15, 0.2) is 17.4 Å². The molecule has 2 bridgehead atoms. The van der Waals surface area contributed by atoms with Gasteiger partial charge in [0.05, 0.1) is 0 Å². The predicted molar refractivity (Wildman–Crippen MR) is 37.2 cm³/mol. The summed E-state index contributed by atoms with van der Waals surface area (Å²) in [5.74, 6) is 0.884. The van der Waals surface area contributed by atoms with E-state index in [1.807, 2.05) is 0 Å². The number of rotatable bonds is 0. The summed E-state index contributed by atoms with van der Waals surface area (Å²) in [6.07, 6.45) is 4.71. The number of piperidine rings is 1. The lowest BCUT2D eigenvalue weighted by atomic mass is 9.90. The molecule has 2 aliphatic rings. The van der Waals surface area contributed by atoms with Crippen LogP contribution in [0.3, 0.4) is 0 Å². The van der Waals surface area contributed by atoms with Crippen LogP contribution in [-0.2, 0) is 0 Å². The first-order valence-corrected chi connectivity index (χ1v) is 3.59. The molecule has 0 spiro atoms. The van der Waals surface area contributed by atoms with Crippen molar-refractivity contribution in [3.63, 3.8) is 0 Å². The van der Waals surface area contributed by atoms with Gasteiger partial charge in [-0.05, 0) is 37.0 Å². The molecule has 1 fully saturated rings. The second-order valence-corrected chi connectivity index (χ2v) is 2.89. The Morgan fingerprint density at radius 1 is 1.67 bits per heavy atom. The van der Waals surface area contributed by atoms with Crippen molar-refractivity contribution in [3.05, 3.63) is 17.4 Å². The lowest BCUT2D eigenvalue weighted by Crippen LogP contribution is -2.32. The minimum Gasteiger partial charge on any atom is -0.312 e. The second kappa shape index (κ2) is 2.02. The van der Waals surface area contributed by atoms with Gasteiger partial charge in [0.1, 0.15) is 0 Å². The Balaban J connectivity index is 2.25. The molecule has 1 N–H and O–H groups in total. The standard InChI is InChI=1S/C8H11N/c1-2-7-4-8(3-1)6-9-5-7/h1,7,9H,2,4-6H2. The maximum Gasteiger partial charge on any atom is 0.0240 e. The van der Waals surface area contributed by atoms with Gasteiger partial charge in [0.2, 0.25) is 0 Å². The van der Waals surface area contributed by atoms with E-state index < -0.39 is 0 Å². The maximum absolute atomic E-state index is 3.37. The highest BCUT2D eigenvalue weighted by atomic mass is 14.9. The van der Waals surface area contributed by atoms with Crippen molar-refractivity contribution in [3.8, 4) is 0 Å². The zero-order chi connectivity index (χ0) is 6.10. The van der Waals surface area contributed by atoms with E-state index in [4.69, 9.17) is 0 Å². The molecule has 48 valence electrons. The summed E-state index contributed by atoms with van der Waals surface area (Å²) in [6, 6.07) is 0. The monoisotopic (exact) mass is 121 g/mol. The Hall–Kier alpha value is -0.520. The molecule has 1 nitrogen and oxygen atoms in total. The third-order valence-electron chi connectivity index (χ3n) is 2.06. The molecule has 1 unspecified atom stereocenters. The van der Waals surface area contributed by atoms with Crippen molar-refractivity contribution >= 4 is 0 Å². The van der Waals surface area contributed by atoms with Crippen LogP contribution >= 0.6 is 0 Å². The third kappa shape index (κ3) is 0.937. The normalized spacial score (nSPS) is 32.0. The van der Waals surface area contributed by atoms with Gasteiger partial charge >= 0.3 is 0 Å². The first kappa shape index (κ1) is 5.28. The first-order chi connectivity index (χ1) is 4.45. The zero-order valence-electron chi connectivity index (χ0n) is 5.48. The minimum atomic E-state index is 0.884. The molecule has 0 amide bonds. The summed E-state index contributed by atoms with van der Waals surface area (Å²) in [4.78, 5) is 0. The van der Waals surface area contributed by atoms with E-state index in [1.165, 1.54) is 25.0 Å². The molecule has 1 aliphatic heterocycles. The molecule has 1 heteroatoms. The van der Waals surface area contributed by atoms with Crippen molar-refractivity contribution < 1.29 is 0 Å². The predicted octanol–water partition coefficient (Wildman–Crippen LogP) is 1.08. The van der Waals surface area contributed by atoms with Crippen LogP contribution in [0.2, 0.25) is 0 Å². The molecule has 9 heavy (non-hydrogen) atoms. The average Bonchev–Trinajstić information content (AvgIpc) is 1.88. The fourth-order valence-electron chi connectivity index (χ4n) is 1.57. The molecule has 0 aromatic rings. The molecular weight excluding hydrogens is 110 g/mol. The molecule has 1 heterocycles. The van der Waals surface area contributed by atoms with E-state index in [2.05, 4.69) is 17.1 Å². The van der Waals surface area contributed by atoms with Gasteiger partial charge in [0.25, 0.3) is 0 Å². The minimum absolute atomic E-state index is 0.884. The summed E-state index contributed by atoms with van der Waals surface area (Å²) in [7, 11) is 0. The molecule has 1 atom stereocenters. The lowest BCUT2D eigenvalue weighted by molar-refractivity contribution is 0.434. The van der Waals surface area contributed by atoms with E-state index >= 15 is 0 Å². The van der Waals surface area contributed by atoms with E-state index in [-0.39, 0.29) is 0 Å². The molecule has 0 radical (unpaired) electrons. The van der Waals surface area contributed by atoms with Crippen molar-refractivity contribution in [2.75, 3.05) is 13.1 Å². The number of hydrogen-bond donors (Lipinski definition) is 1. The highest BCUT2D eigenvalue weighted by molar-refractivity contribution is 5.12. The van der Waals surface area contributed by atoms with Crippen LogP contribution in [0.25, 0.3) is 0 Å². The topological polar surface area (TPSA) is 12.0 Å². The van der Waals surface area contributed by atoms with Crippen LogP contribution in [-0.4, -0.2) is 13.1 Å². The van der Waals surface area contributed by atoms with Gasteiger partial charge in [0, 0.05) is 6.54 Å². The maximum atomic E-state index is 3.37. The molecule has 0 saturated carbocycles. The van der Waals surface area contributed by atoms with Gasteiger partial charge in [-0.15, -0.1) is 5.73 Å². The Kier molecular flexibility index (Phi) is 1.18. The summed E-state index contributed by atoms with van der Waals surface area (Å²) in [6.45, 7) is 2.29. The van der Waals surface area contributed by atoms with Gasteiger partial charge in [0.15, 0.2) is 0 Å². The van der Waals surface area contributed by atoms with E-state index in [9.17, 15) is 0 Å². The highest BCUT2D eigenvalue weighted by Crippen LogP contribution is 2.21. The molecule has 0 aromatic carbocycles. The fraction of sp³-hybridized carbons (Fsp3) is 0.625. The summed E-state index contributed by atoms with van der Waals surface area (Å²) in [5.41, 5.74) is 4.75. The molecular formula is C8H11N. The Labute approximate surface area is 55.5 Å². The van der Waals surface area contributed by atoms with Crippen molar-refractivity contribution in [2.24, 2.45) is 5.92 Å². The average molecular weight is 121 g/mol. The van der Waals surface area contributed by atoms with Crippen LogP contribution in [0, 0.1) is 5.92 Å². The van der Waals surface area contributed by atoms with Crippen molar-refractivity contribution in [2.45, 2.75) is 12.8 Å². The largest absolute Gasteiger partial charge is 0.312 e. The number of nitrogens with one attached hydrogen (secondary N) is 1. The molecule has 1 aliphatic carbocycles. The molecule has 1 saturated heterocycles. The smallest absolute Gasteiger partial charge is 0.0240 e. The molecule has 0 aromatic heterocycles. The Morgan fingerprint density at radius 2 is 2.67 bits per heavy atom. The summed E-state index contributed by atoms with van der Waals surface area (Å²) >= 11 is 0. The van der Waals surface area contributed by atoms with Gasteiger partial charge < -0.3 is 5.32 Å². The zero-order valence-corrected chi connectivity index (χ0v) is 5.48.